The number of rotatable bonds is 0. The van der Waals surface area contributed by atoms with E-state index in [1.54, 1.807) is 0 Å². The number of pyridine rings is 1. The van der Waals surface area contributed by atoms with Crippen molar-refractivity contribution in [3.8, 4) is 0 Å². The van der Waals surface area contributed by atoms with Crippen molar-refractivity contribution < 1.29 is 4.57 Å². The number of nitrogens with zero attached hydrogens (tertiary/aromatic N) is 3. The van der Waals surface area contributed by atoms with E-state index in [4.69, 9.17) is 0 Å². The molecule has 5 aromatic rings. The van der Waals surface area contributed by atoms with Gasteiger partial charge in [0.15, 0.2) is 11.7 Å². The van der Waals surface area contributed by atoms with Gasteiger partial charge in [-0.05, 0) is 30.4 Å². The van der Waals surface area contributed by atoms with Gasteiger partial charge in [-0.15, -0.1) is 0 Å². The summed E-state index contributed by atoms with van der Waals surface area (Å²) >= 11 is 0. The Morgan fingerprint density at radius 1 is 1.00 bits per heavy atom. The van der Waals surface area contributed by atoms with Crippen LogP contribution in [0.3, 0.4) is 0 Å². The summed E-state index contributed by atoms with van der Waals surface area (Å²) in [5.41, 5.74) is 6.34. The summed E-state index contributed by atoms with van der Waals surface area (Å²) < 4.78 is 4.44. The Bertz CT molecular complexity index is 1200. The van der Waals surface area contributed by atoms with Crippen molar-refractivity contribution in [2.75, 3.05) is 0 Å². The smallest absolute Gasteiger partial charge is 0.286 e. The third-order valence-electron chi connectivity index (χ3n) is 4.88. The fourth-order valence-electron chi connectivity index (χ4n) is 3.88. The lowest BCUT2D eigenvalue weighted by molar-refractivity contribution is -0.647. The number of hydrogen-bond acceptors (Lipinski definition) is 1. The van der Waals surface area contributed by atoms with Crippen molar-refractivity contribution >= 4 is 38.1 Å². The first kappa shape index (κ1) is 11.9. The maximum absolute atomic E-state index is 4.40. The second-order valence-corrected chi connectivity index (χ2v) is 6.24. The van der Waals surface area contributed by atoms with E-state index in [0.29, 0.717) is 0 Å². The minimum Gasteiger partial charge on any atom is -0.309 e. The maximum Gasteiger partial charge on any atom is 0.286 e. The van der Waals surface area contributed by atoms with Gasteiger partial charge < -0.3 is 4.40 Å². The summed E-state index contributed by atoms with van der Waals surface area (Å²) in [5, 5.41) is 5.33. The first-order chi connectivity index (χ1) is 10.7. The molecule has 5 rings (SSSR count). The Hall–Kier alpha value is -2.68. The van der Waals surface area contributed by atoms with Crippen molar-refractivity contribution in [3.05, 3.63) is 54.1 Å². The van der Waals surface area contributed by atoms with Crippen LogP contribution in [0.5, 0.6) is 0 Å². The Morgan fingerprint density at radius 3 is 2.68 bits per heavy atom. The SMILES string of the molecule is Cc1cn2c3cnc[n+](C)c3c3c(C)ccc4ccc1c2c43. The van der Waals surface area contributed by atoms with Gasteiger partial charge in [-0.2, -0.15) is 0 Å². The molecule has 0 spiro atoms. The number of benzene rings is 2. The molecule has 0 aliphatic heterocycles. The molecule has 0 aliphatic carbocycles. The van der Waals surface area contributed by atoms with Crippen LogP contribution in [-0.2, 0) is 7.05 Å². The minimum atomic E-state index is 1.16. The van der Waals surface area contributed by atoms with E-state index >= 15 is 0 Å². The molecule has 0 bridgehead atoms. The average molecular weight is 286 g/mol. The van der Waals surface area contributed by atoms with Gasteiger partial charge in [-0.25, -0.2) is 4.57 Å². The second kappa shape index (κ2) is 3.74. The van der Waals surface area contributed by atoms with Gasteiger partial charge in [0.25, 0.3) is 6.33 Å². The summed E-state index contributed by atoms with van der Waals surface area (Å²) in [6.45, 7) is 4.38. The molecule has 0 unspecified atom stereocenters. The van der Waals surface area contributed by atoms with Crippen molar-refractivity contribution in [2.45, 2.75) is 13.8 Å². The summed E-state index contributed by atoms with van der Waals surface area (Å²) in [6.07, 6.45) is 6.09. The lowest BCUT2D eigenvalue weighted by Crippen LogP contribution is -2.30. The van der Waals surface area contributed by atoms with Crippen LogP contribution in [0.15, 0.2) is 43.0 Å². The molecule has 22 heavy (non-hydrogen) atoms. The van der Waals surface area contributed by atoms with Crippen LogP contribution in [0, 0.1) is 13.8 Å². The molecular weight excluding hydrogens is 270 g/mol. The Balaban J connectivity index is 2.34. The van der Waals surface area contributed by atoms with E-state index in [1.165, 1.54) is 43.7 Å². The normalized spacial score (nSPS) is 12.3. The first-order valence-electron chi connectivity index (χ1n) is 7.55. The fourth-order valence-corrected chi connectivity index (χ4v) is 3.88. The molecule has 0 fully saturated rings. The van der Waals surface area contributed by atoms with Crippen molar-refractivity contribution in [2.24, 2.45) is 7.05 Å². The predicted molar refractivity (Wildman–Crippen MR) is 89.5 cm³/mol. The van der Waals surface area contributed by atoms with Crippen LogP contribution in [0.4, 0.5) is 0 Å². The third-order valence-corrected chi connectivity index (χ3v) is 4.88. The molecule has 3 heteroatoms. The summed E-state index contributed by atoms with van der Waals surface area (Å²) in [5.74, 6) is 0. The van der Waals surface area contributed by atoms with Gasteiger partial charge in [-0.3, -0.25) is 0 Å². The van der Waals surface area contributed by atoms with Crippen LogP contribution in [0.25, 0.3) is 38.1 Å². The van der Waals surface area contributed by atoms with E-state index in [-0.39, 0.29) is 0 Å². The molecule has 0 amide bonds. The van der Waals surface area contributed by atoms with E-state index in [1.807, 2.05) is 12.5 Å². The number of fused-ring (bicyclic) bond motifs is 3. The van der Waals surface area contributed by atoms with Crippen LogP contribution >= 0.6 is 0 Å². The Labute approximate surface area is 127 Å². The van der Waals surface area contributed by atoms with Crippen LogP contribution in [-0.4, -0.2) is 9.38 Å². The molecule has 3 aromatic heterocycles. The topological polar surface area (TPSA) is 21.2 Å². The zero-order valence-electron chi connectivity index (χ0n) is 12.9. The van der Waals surface area contributed by atoms with Crippen LogP contribution < -0.4 is 4.57 Å². The molecule has 3 nitrogen and oxygen atoms in total. The molecule has 0 saturated heterocycles. The number of aromatic nitrogens is 3. The number of aryl methyl sites for hydroxylation is 3. The predicted octanol–water partition coefficient (Wildman–Crippen LogP) is 3.67. The lowest BCUT2D eigenvalue weighted by atomic mass is 9.97. The monoisotopic (exact) mass is 286 g/mol. The zero-order chi connectivity index (χ0) is 15.0. The minimum absolute atomic E-state index is 1.16. The summed E-state index contributed by atoms with van der Waals surface area (Å²) in [6, 6.07) is 8.93. The van der Waals surface area contributed by atoms with Crippen molar-refractivity contribution in [1.82, 2.24) is 9.38 Å². The van der Waals surface area contributed by atoms with Crippen LogP contribution in [0.2, 0.25) is 0 Å². The average Bonchev–Trinajstić information content (AvgIpc) is 2.86. The highest BCUT2D eigenvalue weighted by molar-refractivity contribution is 6.23. The lowest BCUT2D eigenvalue weighted by Gasteiger charge is -2.13. The Kier molecular flexibility index (Phi) is 2.03. The molecular formula is C19H16N3+. The summed E-state index contributed by atoms with van der Waals surface area (Å²) in [4.78, 5) is 4.40. The second-order valence-electron chi connectivity index (χ2n) is 6.24. The van der Waals surface area contributed by atoms with E-state index in [2.05, 4.69) is 65.3 Å². The van der Waals surface area contributed by atoms with E-state index in [0.717, 1.165) is 5.52 Å². The quantitative estimate of drug-likeness (QED) is 0.242. The van der Waals surface area contributed by atoms with Crippen molar-refractivity contribution in [3.63, 3.8) is 0 Å². The molecule has 0 saturated carbocycles. The van der Waals surface area contributed by atoms with Gasteiger partial charge >= 0.3 is 0 Å². The fraction of sp³-hybridized carbons (Fsp3) is 0.158. The highest BCUT2D eigenvalue weighted by Gasteiger charge is 2.20. The van der Waals surface area contributed by atoms with Gasteiger partial charge in [0.2, 0.25) is 0 Å². The van der Waals surface area contributed by atoms with Gasteiger partial charge in [-0.1, -0.05) is 29.2 Å². The zero-order valence-corrected chi connectivity index (χ0v) is 12.9. The molecule has 0 radical (unpaired) electrons. The molecule has 0 atom stereocenters. The maximum atomic E-state index is 4.40. The molecule has 0 N–H and O–H groups in total. The third kappa shape index (κ3) is 1.23. The molecule has 2 aromatic carbocycles. The van der Waals surface area contributed by atoms with Gasteiger partial charge in [0.05, 0.1) is 12.6 Å². The number of hydrogen-bond donors (Lipinski definition) is 0. The van der Waals surface area contributed by atoms with Gasteiger partial charge in [0.1, 0.15) is 5.52 Å². The highest BCUT2D eigenvalue weighted by Crippen LogP contribution is 2.38. The van der Waals surface area contributed by atoms with Gasteiger partial charge in [0, 0.05) is 22.4 Å². The van der Waals surface area contributed by atoms with Crippen molar-refractivity contribution in [1.29, 1.82) is 0 Å². The highest BCUT2D eigenvalue weighted by atomic mass is 15.0. The molecule has 0 aliphatic rings. The Morgan fingerprint density at radius 2 is 1.82 bits per heavy atom. The van der Waals surface area contributed by atoms with Crippen LogP contribution in [0.1, 0.15) is 11.1 Å². The standard InChI is InChI=1S/C19H16N3/c1-11-4-5-13-6-7-14-12(2)9-22-15-8-20-10-21(3)19(15)16(11)17(13)18(14)22/h4-10H,1-3H3/q+1. The largest absolute Gasteiger partial charge is 0.309 e. The first-order valence-corrected chi connectivity index (χ1v) is 7.55. The van der Waals surface area contributed by atoms with E-state index < -0.39 is 0 Å². The van der Waals surface area contributed by atoms with E-state index in [9.17, 15) is 0 Å². The summed E-state index contributed by atoms with van der Waals surface area (Å²) in [7, 11) is 2.07. The molecule has 3 heterocycles. The molecule has 106 valence electrons.